The minimum Gasteiger partial charge on any atom is -0.489 e. The zero-order chi connectivity index (χ0) is 22.0. The Balaban J connectivity index is 1.59. The molecule has 2 heterocycles. The number of rotatable bonds is 7. The van der Waals surface area contributed by atoms with Crippen LogP contribution in [0.2, 0.25) is 0 Å². The summed E-state index contributed by atoms with van der Waals surface area (Å²) < 4.78 is 29.8. The highest BCUT2D eigenvalue weighted by molar-refractivity contribution is 7.89. The highest BCUT2D eigenvalue weighted by Crippen LogP contribution is 2.35. The summed E-state index contributed by atoms with van der Waals surface area (Å²) in [5.74, 6) is 0.126. The van der Waals surface area contributed by atoms with Crippen LogP contribution in [0.25, 0.3) is 0 Å². The number of hydrogen-bond donors (Lipinski definition) is 3. The van der Waals surface area contributed by atoms with E-state index in [9.17, 15) is 13.2 Å². The minimum atomic E-state index is -3.94. The average molecular weight is 444 g/mol. The van der Waals surface area contributed by atoms with Gasteiger partial charge in [-0.1, -0.05) is 30.3 Å². The zero-order valence-corrected chi connectivity index (χ0v) is 18.5. The SMILES string of the molecule is CC1Cc2cc(S(N)(=O)=O)cc(C(=O)NC(CCc3ccccc3)C3CCCN3)c2O1. The van der Waals surface area contributed by atoms with E-state index in [1.807, 2.05) is 25.1 Å². The van der Waals surface area contributed by atoms with Crippen molar-refractivity contribution in [3.63, 3.8) is 0 Å². The number of aryl methyl sites for hydroxylation is 1. The maximum atomic E-state index is 13.3. The maximum absolute atomic E-state index is 13.3. The van der Waals surface area contributed by atoms with E-state index in [0.717, 1.165) is 32.2 Å². The van der Waals surface area contributed by atoms with Crippen molar-refractivity contribution in [2.45, 2.75) is 62.1 Å². The van der Waals surface area contributed by atoms with Crippen molar-refractivity contribution in [1.29, 1.82) is 0 Å². The highest BCUT2D eigenvalue weighted by Gasteiger charge is 2.31. The van der Waals surface area contributed by atoms with Gasteiger partial charge < -0.3 is 15.4 Å². The lowest BCUT2D eigenvalue weighted by atomic mass is 9.97. The number of amides is 1. The summed E-state index contributed by atoms with van der Waals surface area (Å²) in [7, 11) is -3.94. The third kappa shape index (κ3) is 5.08. The van der Waals surface area contributed by atoms with Crippen LogP contribution in [0.4, 0.5) is 0 Å². The van der Waals surface area contributed by atoms with Crippen molar-refractivity contribution < 1.29 is 17.9 Å². The fraction of sp³-hybridized carbons (Fsp3) is 0.435. The van der Waals surface area contributed by atoms with E-state index >= 15 is 0 Å². The monoisotopic (exact) mass is 443 g/mol. The number of nitrogens with one attached hydrogen (secondary N) is 2. The predicted molar refractivity (Wildman–Crippen MR) is 119 cm³/mol. The Bertz CT molecular complexity index is 1050. The van der Waals surface area contributed by atoms with E-state index < -0.39 is 10.0 Å². The van der Waals surface area contributed by atoms with E-state index in [1.54, 1.807) is 0 Å². The van der Waals surface area contributed by atoms with Crippen molar-refractivity contribution in [2.24, 2.45) is 5.14 Å². The molecule has 7 nitrogen and oxygen atoms in total. The first-order chi connectivity index (χ1) is 14.8. The first-order valence-electron chi connectivity index (χ1n) is 10.8. The van der Waals surface area contributed by atoms with Gasteiger partial charge in [0.1, 0.15) is 11.9 Å². The molecule has 4 rings (SSSR count). The summed E-state index contributed by atoms with van der Waals surface area (Å²) >= 11 is 0. The molecule has 0 bridgehead atoms. The van der Waals surface area contributed by atoms with Crippen LogP contribution in [-0.2, 0) is 22.9 Å². The van der Waals surface area contributed by atoms with E-state index in [0.29, 0.717) is 17.7 Å². The van der Waals surface area contributed by atoms with Gasteiger partial charge in [0.15, 0.2) is 0 Å². The lowest BCUT2D eigenvalue weighted by Gasteiger charge is -2.26. The molecule has 166 valence electrons. The second-order valence-electron chi connectivity index (χ2n) is 8.44. The lowest BCUT2D eigenvalue weighted by Crippen LogP contribution is -2.47. The number of sulfonamides is 1. The molecule has 1 fully saturated rings. The van der Waals surface area contributed by atoms with Crippen LogP contribution >= 0.6 is 0 Å². The van der Waals surface area contributed by atoms with Gasteiger partial charge in [-0.2, -0.15) is 0 Å². The van der Waals surface area contributed by atoms with Crippen LogP contribution in [0.5, 0.6) is 5.75 Å². The summed E-state index contributed by atoms with van der Waals surface area (Å²) in [4.78, 5) is 13.3. The van der Waals surface area contributed by atoms with Gasteiger partial charge in [0.25, 0.3) is 5.91 Å². The first kappa shape index (κ1) is 21.8. The minimum absolute atomic E-state index is 0.0612. The van der Waals surface area contributed by atoms with E-state index in [-0.39, 0.29) is 34.6 Å². The van der Waals surface area contributed by atoms with E-state index in [2.05, 4.69) is 22.8 Å². The third-order valence-corrected chi connectivity index (χ3v) is 6.92. The fourth-order valence-corrected chi connectivity index (χ4v) is 5.07. The molecule has 31 heavy (non-hydrogen) atoms. The number of carbonyl (C=O) groups excluding carboxylic acids is 1. The van der Waals surface area contributed by atoms with Crippen molar-refractivity contribution in [2.75, 3.05) is 6.54 Å². The van der Waals surface area contributed by atoms with Crippen LogP contribution in [0, 0.1) is 0 Å². The summed E-state index contributed by atoms with van der Waals surface area (Å²) in [5.41, 5.74) is 2.15. The number of primary sulfonamides is 1. The van der Waals surface area contributed by atoms with Crippen molar-refractivity contribution in [1.82, 2.24) is 10.6 Å². The normalized spacial score (nSPS) is 21.4. The van der Waals surface area contributed by atoms with Crippen molar-refractivity contribution in [3.8, 4) is 5.75 Å². The number of nitrogens with two attached hydrogens (primary N) is 1. The Morgan fingerprint density at radius 2 is 2.06 bits per heavy atom. The summed E-state index contributed by atoms with van der Waals surface area (Å²) in [5, 5.41) is 12.0. The largest absolute Gasteiger partial charge is 0.489 e. The van der Waals surface area contributed by atoms with Crippen LogP contribution in [0.1, 0.15) is 47.7 Å². The number of carbonyl (C=O) groups is 1. The molecule has 8 heteroatoms. The number of hydrogen-bond acceptors (Lipinski definition) is 5. The molecule has 2 aromatic rings. The van der Waals surface area contributed by atoms with E-state index in [1.165, 1.54) is 17.7 Å². The van der Waals surface area contributed by atoms with Gasteiger partial charge in [0.05, 0.1) is 10.5 Å². The van der Waals surface area contributed by atoms with Gasteiger partial charge in [-0.3, -0.25) is 4.79 Å². The maximum Gasteiger partial charge on any atom is 0.255 e. The molecule has 3 atom stereocenters. The van der Waals surface area contributed by atoms with Gasteiger partial charge in [0.2, 0.25) is 10.0 Å². The smallest absolute Gasteiger partial charge is 0.255 e. The Hall–Kier alpha value is -2.42. The molecule has 2 aliphatic heterocycles. The lowest BCUT2D eigenvalue weighted by molar-refractivity contribution is 0.0921. The Labute approximate surface area is 183 Å². The first-order valence-corrected chi connectivity index (χ1v) is 12.3. The van der Waals surface area contributed by atoms with E-state index in [4.69, 9.17) is 9.88 Å². The Morgan fingerprint density at radius 1 is 1.29 bits per heavy atom. The Kier molecular flexibility index (Phi) is 6.31. The molecule has 1 saturated heterocycles. The Morgan fingerprint density at radius 3 is 2.74 bits per heavy atom. The number of benzene rings is 2. The summed E-state index contributed by atoms with van der Waals surface area (Å²) in [6.07, 6.45) is 4.10. The predicted octanol–water partition coefficient (Wildman–Crippen LogP) is 2.14. The second-order valence-corrected chi connectivity index (χ2v) is 10.0. The molecule has 0 aliphatic carbocycles. The molecular formula is C23H29N3O4S. The molecule has 4 N–H and O–H groups in total. The molecular weight excluding hydrogens is 414 g/mol. The van der Waals surface area contributed by atoms with Crippen LogP contribution in [0.3, 0.4) is 0 Å². The second kappa shape index (κ2) is 8.98. The molecule has 0 saturated carbocycles. The molecule has 0 aromatic heterocycles. The number of ether oxygens (including phenoxy) is 1. The molecule has 0 spiro atoms. The quantitative estimate of drug-likeness (QED) is 0.607. The topological polar surface area (TPSA) is 111 Å². The van der Waals surface area contributed by atoms with Crippen molar-refractivity contribution in [3.05, 3.63) is 59.2 Å². The number of fused-ring (bicyclic) bond motifs is 1. The molecule has 3 unspecified atom stereocenters. The zero-order valence-electron chi connectivity index (χ0n) is 17.6. The van der Waals surface area contributed by atoms with Gasteiger partial charge in [-0.25, -0.2) is 13.6 Å². The molecule has 2 aliphatic rings. The van der Waals surface area contributed by atoms with Crippen molar-refractivity contribution >= 4 is 15.9 Å². The van der Waals surface area contributed by atoms with Crippen LogP contribution in [0.15, 0.2) is 47.4 Å². The van der Waals surface area contributed by atoms with Gasteiger partial charge in [0, 0.05) is 18.5 Å². The summed E-state index contributed by atoms with van der Waals surface area (Å²) in [6, 6.07) is 13.1. The highest BCUT2D eigenvalue weighted by atomic mass is 32.2. The van der Waals surface area contributed by atoms with Gasteiger partial charge >= 0.3 is 0 Å². The fourth-order valence-electron chi connectivity index (χ4n) is 4.48. The molecule has 0 radical (unpaired) electrons. The van der Waals surface area contributed by atoms with Crippen LogP contribution < -0.4 is 20.5 Å². The standard InChI is InChI=1S/C23H29N3O4S/c1-15-12-17-13-18(31(24,28)29)14-19(22(17)30-15)23(27)26-21(20-8-5-11-25-20)10-9-16-6-3-2-4-7-16/h2-4,6-7,13-15,20-21,25H,5,8-12H2,1H3,(H,26,27)(H2,24,28,29). The van der Waals surface area contributed by atoms with Gasteiger partial charge in [-0.15, -0.1) is 0 Å². The van der Waals surface area contributed by atoms with Gasteiger partial charge in [-0.05, 0) is 62.4 Å². The third-order valence-electron chi connectivity index (χ3n) is 6.03. The van der Waals surface area contributed by atoms with Crippen LogP contribution in [-0.4, -0.2) is 39.1 Å². The molecule has 2 aromatic carbocycles. The summed E-state index contributed by atoms with van der Waals surface area (Å²) in [6.45, 7) is 2.82. The average Bonchev–Trinajstić information content (AvgIpc) is 3.39. The molecule has 1 amide bonds.